The summed E-state index contributed by atoms with van der Waals surface area (Å²) in [5, 5.41) is 12.9. The molecule has 26 heavy (non-hydrogen) atoms. The Morgan fingerprint density at radius 2 is 1.88 bits per heavy atom. The van der Waals surface area contributed by atoms with Crippen LogP contribution in [0, 0.1) is 5.92 Å². The van der Waals surface area contributed by atoms with Crippen molar-refractivity contribution in [3.8, 4) is 5.75 Å². The van der Waals surface area contributed by atoms with E-state index in [-0.39, 0.29) is 24.5 Å². The highest BCUT2D eigenvalue weighted by Gasteiger charge is 2.38. The number of aliphatic hydroxyl groups is 1. The minimum Gasteiger partial charge on any atom is -0.491 e. The number of nitrogens with one attached hydrogen (secondary N) is 1. The Kier molecular flexibility index (Phi) is 6.29. The van der Waals surface area contributed by atoms with E-state index < -0.39 is 18.2 Å². The number of ether oxygens (including phenoxy) is 1. The largest absolute Gasteiger partial charge is 0.491 e. The summed E-state index contributed by atoms with van der Waals surface area (Å²) in [5.41, 5.74) is 0.954. The van der Waals surface area contributed by atoms with Gasteiger partial charge in [-0.25, -0.2) is 4.79 Å². The molecular weight excluding hydrogens is 332 g/mol. The van der Waals surface area contributed by atoms with Crippen molar-refractivity contribution in [2.45, 2.75) is 58.6 Å². The first kappa shape index (κ1) is 20.2. The van der Waals surface area contributed by atoms with Gasteiger partial charge in [-0.2, -0.15) is 0 Å². The summed E-state index contributed by atoms with van der Waals surface area (Å²) in [5.74, 6) is 0.720. The summed E-state index contributed by atoms with van der Waals surface area (Å²) >= 11 is 0. The van der Waals surface area contributed by atoms with E-state index in [9.17, 15) is 14.7 Å². The summed E-state index contributed by atoms with van der Waals surface area (Å²) in [6.45, 7) is 10.2. The number of hydrogen-bond donors (Lipinski definition) is 2. The maximum Gasteiger partial charge on any atom is 0.324 e. The van der Waals surface area contributed by atoms with Crippen LogP contribution in [0.3, 0.4) is 0 Å². The van der Waals surface area contributed by atoms with Crippen molar-refractivity contribution in [1.82, 2.24) is 10.2 Å². The number of hydrogen-bond acceptors (Lipinski definition) is 4. The summed E-state index contributed by atoms with van der Waals surface area (Å²) in [6, 6.07) is 6.73. The topological polar surface area (TPSA) is 78.9 Å². The molecule has 2 unspecified atom stereocenters. The third-order valence-corrected chi connectivity index (χ3v) is 4.33. The van der Waals surface area contributed by atoms with Gasteiger partial charge in [0.05, 0.1) is 6.54 Å². The first-order valence-electron chi connectivity index (χ1n) is 9.12. The van der Waals surface area contributed by atoms with Crippen molar-refractivity contribution >= 4 is 11.9 Å². The smallest absolute Gasteiger partial charge is 0.324 e. The van der Waals surface area contributed by atoms with E-state index in [0.717, 1.165) is 10.5 Å². The number of benzene rings is 1. The zero-order chi connectivity index (χ0) is 19.5. The molecule has 0 aliphatic carbocycles. The molecular formula is C20H30N2O4. The van der Waals surface area contributed by atoms with Crippen LogP contribution in [0.25, 0.3) is 0 Å². The Hall–Kier alpha value is -2.08. The molecule has 6 nitrogen and oxygen atoms in total. The van der Waals surface area contributed by atoms with Crippen LogP contribution in [0.2, 0.25) is 0 Å². The maximum absolute atomic E-state index is 12.3. The summed E-state index contributed by atoms with van der Waals surface area (Å²) in [6.07, 6.45) is -0.359. The Bertz CT molecular complexity index is 651. The highest BCUT2D eigenvalue weighted by atomic mass is 16.5. The average Bonchev–Trinajstić information content (AvgIpc) is 2.79. The molecule has 1 heterocycles. The fraction of sp³-hybridized carbons (Fsp3) is 0.600. The molecule has 1 fully saturated rings. The van der Waals surface area contributed by atoms with Gasteiger partial charge in [0.1, 0.15) is 24.5 Å². The number of para-hydroxylation sites is 1. The zero-order valence-corrected chi connectivity index (χ0v) is 16.3. The average molecular weight is 362 g/mol. The van der Waals surface area contributed by atoms with Crippen LogP contribution in [0.4, 0.5) is 4.79 Å². The SMILES string of the molecule is CC(C)CC1NC(=O)N(CC(O)COc2ccccc2C(C)(C)C)C1=O. The highest BCUT2D eigenvalue weighted by molar-refractivity contribution is 6.04. The Balaban J connectivity index is 1.95. The van der Waals surface area contributed by atoms with Crippen LogP contribution in [0.5, 0.6) is 5.75 Å². The minimum absolute atomic E-state index is 0.0129. The summed E-state index contributed by atoms with van der Waals surface area (Å²) < 4.78 is 5.78. The number of amides is 3. The molecule has 0 aromatic heterocycles. The lowest BCUT2D eigenvalue weighted by Gasteiger charge is -2.24. The third kappa shape index (κ3) is 4.97. The van der Waals surface area contributed by atoms with Crippen LogP contribution < -0.4 is 10.1 Å². The predicted octanol–water partition coefficient (Wildman–Crippen LogP) is 2.69. The van der Waals surface area contributed by atoms with Crippen LogP contribution in [0.1, 0.15) is 46.6 Å². The number of carbonyl (C=O) groups is 2. The van der Waals surface area contributed by atoms with Gasteiger partial charge in [-0.05, 0) is 29.4 Å². The van der Waals surface area contributed by atoms with E-state index in [4.69, 9.17) is 4.74 Å². The monoisotopic (exact) mass is 362 g/mol. The van der Waals surface area contributed by atoms with Crippen LogP contribution in [-0.4, -0.2) is 47.2 Å². The number of urea groups is 1. The molecule has 3 amide bonds. The Morgan fingerprint density at radius 3 is 2.50 bits per heavy atom. The van der Waals surface area contributed by atoms with Crippen molar-refractivity contribution in [3.63, 3.8) is 0 Å². The zero-order valence-electron chi connectivity index (χ0n) is 16.3. The molecule has 0 spiro atoms. The van der Waals surface area contributed by atoms with Gasteiger partial charge in [0.15, 0.2) is 0 Å². The van der Waals surface area contributed by atoms with Crippen molar-refractivity contribution in [2.24, 2.45) is 5.92 Å². The van der Waals surface area contributed by atoms with Gasteiger partial charge in [-0.3, -0.25) is 9.69 Å². The van der Waals surface area contributed by atoms with E-state index in [1.165, 1.54) is 0 Å². The maximum atomic E-state index is 12.3. The second kappa shape index (κ2) is 8.08. The summed E-state index contributed by atoms with van der Waals surface area (Å²) in [7, 11) is 0. The lowest BCUT2D eigenvalue weighted by molar-refractivity contribution is -0.128. The van der Waals surface area contributed by atoms with Gasteiger partial charge in [0.25, 0.3) is 5.91 Å². The van der Waals surface area contributed by atoms with Crippen LogP contribution in [0.15, 0.2) is 24.3 Å². The molecule has 144 valence electrons. The second-order valence-electron chi connectivity index (χ2n) is 8.29. The normalized spacial score (nSPS) is 19.0. The third-order valence-electron chi connectivity index (χ3n) is 4.33. The molecule has 2 N–H and O–H groups in total. The fourth-order valence-electron chi connectivity index (χ4n) is 3.04. The predicted molar refractivity (Wildman–Crippen MR) is 100 cm³/mol. The van der Waals surface area contributed by atoms with Gasteiger partial charge in [0.2, 0.25) is 0 Å². The van der Waals surface area contributed by atoms with Crippen molar-refractivity contribution < 1.29 is 19.4 Å². The quantitative estimate of drug-likeness (QED) is 0.731. The van der Waals surface area contributed by atoms with E-state index >= 15 is 0 Å². The van der Waals surface area contributed by atoms with E-state index in [1.807, 2.05) is 38.1 Å². The van der Waals surface area contributed by atoms with E-state index in [2.05, 4.69) is 26.1 Å². The molecule has 0 bridgehead atoms. The number of β-amino-alcohol motifs (C(OH)–C–C–N with tert-alkyl or cyclic N) is 1. The Morgan fingerprint density at radius 1 is 1.23 bits per heavy atom. The molecule has 2 rings (SSSR count). The van der Waals surface area contributed by atoms with Crippen LogP contribution >= 0.6 is 0 Å². The van der Waals surface area contributed by atoms with E-state index in [1.54, 1.807) is 0 Å². The molecule has 2 atom stereocenters. The molecule has 1 aliphatic heterocycles. The standard InChI is InChI=1S/C20H30N2O4/c1-13(2)10-16-18(24)22(19(25)21-16)11-14(23)12-26-17-9-7-6-8-15(17)20(3,4)5/h6-9,13-14,16,23H,10-12H2,1-5H3,(H,21,25). The highest BCUT2D eigenvalue weighted by Crippen LogP contribution is 2.31. The first-order chi connectivity index (χ1) is 12.1. The van der Waals surface area contributed by atoms with Gasteiger partial charge >= 0.3 is 6.03 Å². The number of carbonyl (C=O) groups excluding carboxylic acids is 2. The molecule has 0 saturated carbocycles. The van der Waals surface area contributed by atoms with Gasteiger partial charge < -0.3 is 15.2 Å². The molecule has 1 aromatic rings. The van der Waals surface area contributed by atoms with Crippen LogP contribution in [-0.2, 0) is 10.2 Å². The second-order valence-corrected chi connectivity index (χ2v) is 8.29. The lowest BCUT2D eigenvalue weighted by Crippen LogP contribution is -2.40. The fourth-order valence-corrected chi connectivity index (χ4v) is 3.04. The van der Waals surface area contributed by atoms with Crippen molar-refractivity contribution in [2.75, 3.05) is 13.2 Å². The minimum atomic E-state index is -0.949. The molecule has 1 saturated heterocycles. The Labute approximate surface area is 155 Å². The van der Waals surface area contributed by atoms with Gasteiger partial charge in [-0.1, -0.05) is 52.8 Å². The molecule has 6 heteroatoms. The molecule has 1 aromatic carbocycles. The van der Waals surface area contributed by atoms with Gasteiger partial charge in [0, 0.05) is 0 Å². The van der Waals surface area contributed by atoms with Crippen molar-refractivity contribution in [1.29, 1.82) is 0 Å². The first-order valence-corrected chi connectivity index (χ1v) is 9.12. The number of aliphatic hydroxyl groups excluding tert-OH is 1. The summed E-state index contributed by atoms with van der Waals surface area (Å²) in [4.78, 5) is 25.4. The number of nitrogens with zero attached hydrogens (tertiary/aromatic N) is 1. The lowest BCUT2D eigenvalue weighted by atomic mass is 9.86. The number of imide groups is 1. The van der Waals surface area contributed by atoms with Crippen molar-refractivity contribution in [3.05, 3.63) is 29.8 Å². The van der Waals surface area contributed by atoms with E-state index in [0.29, 0.717) is 18.1 Å². The molecule has 1 aliphatic rings. The number of rotatable bonds is 7. The molecule has 0 radical (unpaired) electrons. The van der Waals surface area contributed by atoms with Gasteiger partial charge in [-0.15, -0.1) is 0 Å².